The Morgan fingerprint density at radius 2 is 1.75 bits per heavy atom. The third-order valence-corrected chi connectivity index (χ3v) is 5.30. The molecule has 0 spiro atoms. The fourth-order valence-electron chi connectivity index (χ4n) is 2.07. The van der Waals surface area contributed by atoms with Crippen LogP contribution in [0.1, 0.15) is 5.56 Å². The van der Waals surface area contributed by atoms with Crippen LogP contribution in [0.2, 0.25) is 0 Å². The van der Waals surface area contributed by atoms with Gasteiger partial charge in [-0.3, -0.25) is 4.79 Å². The maximum absolute atomic E-state index is 12.2. The summed E-state index contributed by atoms with van der Waals surface area (Å²) >= 11 is 0. The molecule has 2 aromatic rings. The Morgan fingerprint density at radius 1 is 1.08 bits per heavy atom. The van der Waals surface area contributed by atoms with Gasteiger partial charge in [0.2, 0.25) is 15.9 Å². The van der Waals surface area contributed by atoms with Crippen LogP contribution in [0.25, 0.3) is 0 Å². The number of carbonyl (C=O) groups excluding carboxylic acids is 1. The van der Waals surface area contributed by atoms with Crippen LogP contribution in [0.5, 0.6) is 0 Å². The molecule has 6 nitrogen and oxygen atoms in total. The van der Waals surface area contributed by atoms with Gasteiger partial charge in [0.1, 0.15) is 0 Å². The zero-order valence-electron chi connectivity index (χ0n) is 13.9. The number of nitrogens with zero attached hydrogens (tertiary/aromatic N) is 1. The number of rotatable bonds is 6. The van der Waals surface area contributed by atoms with Gasteiger partial charge in [-0.15, -0.1) is 0 Å². The van der Waals surface area contributed by atoms with Crippen LogP contribution >= 0.6 is 0 Å². The predicted octanol–water partition coefficient (Wildman–Crippen LogP) is 2.30. The first-order valence-corrected chi connectivity index (χ1v) is 8.86. The molecule has 1 amide bonds. The fraction of sp³-hybridized carbons (Fsp3) is 0.235. The van der Waals surface area contributed by atoms with Crippen LogP contribution in [0.15, 0.2) is 53.4 Å². The van der Waals surface area contributed by atoms with Crippen molar-refractivity contribution in [2.75, 3.05) is 31.3 Å². The van der Waals surface area contributed by atoms with E-state index < -0.39 is 10.0 Å². The molecule has 0 bridgehead atoms. The number of hydrogen-bond donors (Lipinski definition) is 2. The van der Waals surface area contributed by atoms with Gasteiger partial charge in [0.05, 0.1) is 11.4 Å². The summed E-state index contributed by atoms with van der Waals surface area (Å²) in [4.78, 5) is 12.2. The van der Waals surface area contributed by atoms with Gasteiger partial charge >= 0.3 is 0 Å². The summed E-state index contributed by atoms with van der Waals surface area (Å²) < 4.78 is 25.5. The van der Waals surface area contributed by atoms with Gasteiger partial charge in [-0.2, -0.15) is 0 Å². The molecule has 2 aromatic carbocycles. The third-order valence-electron chi connectivity index (χ3n) is 3.48. The summed E-state index contributed by atoms with van der Waals surface area (Å²) in [6, 6.07) is 14.0. The molecular formula is C17H21N3O3S. The zero-order valence-corrected chi connectivity index (χ0v) is 14.7. The van der Waals surface area contributed by atoms with Crippen LogP contribution in [0.3, 0.4) is 0 Å². The van der Waals surface area contributed by atoms with E-state index in [0.29, 0.717) is 11.4 Å². The molecule has 0 heterocycles. The number of benzene rings is 2. The molecule has 0 radical (unpaired) electrons. The smallest absolute Gasteiger partial charge is 0.243 e. The Balaban J connectivity index is 2.08. The molecule has 24 heavy (non-hydrogen) atoms. The largest absolute Gasteiger partial charge is 0.376 e. The van der Waals surface area contributed by atoms with E-state index in [1.807, 2.05) is 25.1 Å². The molecule has 0 saturated heterocycles. The number of nitrogens with one attached hydrogen (secondary N) is 2. The van der Waals surface area contributed by atoms with Crippen LogP contribution < -0.4 is 10.6 Å². The lowest BCUT2D eigenvalue weighted by molar-refractivity contribution is -0.114. The van der Waals surface area contributed by atoms with E-state index in [0.717, 1.165) is 9.87 Å². The van der Waals surface area contributed by atoms with Crippen molar-refractivity contribution in [1.29, 1.82) is 0 Å². The topological polar surface area (TPSA) is 78.5 Å². The van der Waals surface area contributed by atoms with Gasteiger partial charge in [0.25, 0.3) is 0 Å². The number of amides is 1. The first kappa shape index (κ1) is 18.0. The van der Waals surface area contributed by atoms with Crippen LogP contribution in [0.4, 0.5) is 11.4 Å². The molecule has 0 saturated carbocycles. The summed E-state index contributed by atoms with van der Waals surface area (Å²) in [6.07, 6.45) is 0. The van der Waals surface area contributed by atoms with Gasteiger partial charge in [0.15, 0.2) is 0 Å². The summed E-state index contributed by atoms with van der Waals surface area (Å²) in [7, 11) is -0.547. The van der Waals surface area contributed by atoms with Crippen molar-refractivity contribution in [3.8, 4) is 0 Å². The van der Waals surface area contributed by atoms with Crippen molar-refractivity contribution in [3.63, 3.8) is 0 Å². The minimum Gasteiger partial charge on any atom is -0.376 e. The highest BCUT2D eigenvalue weighted by Gasteiger charge is 2.18. The maximum atomic E-state index is 12.2. The van der Waals surface area contributed by atoms with E-state index in [2.05, 4.69) is 10.6 Å². The second kappa shape index (κ2) is 7.46. The van der Waals surface area contributed by atoms with Gasteiger partial charge in [0, 0.05) is 25.5 Å². The lowest BCUT2D eigenvalue weighted by atomic mass is 10.2. The molecule has 128 valence electrons. The van der Waals surface area contributed by atoms with E-state index in [-0.39, 0.29) is 17.3 Å². The van der Waals surface area contributed by atoms with Gasteiger partial charge in [-0.25, -0.2) is 12.7 Å². The second-order valence-electron chi connectivity index (χ2n) is 5.53. The highest BCUT2D eigenvalue weighted by molar-refractivity contribution is 7.89. The predicted molar refractivity (Wildman–Crippen MR) is 95.6 cm³/mol. The molecule has 0 aliphatic carbocycles. The molecule has 0 atom stereocenters. The molecule has 0 aromatic heterocycles. The number of carbonyl (C=O) groups is 1. The first-order chi connectivity index (χ1) is 11.3. The molecule has 0 unspecified atom stereocenters. The molecule has 0 aliphatic rings. The van der Waals surface area contributed by atoms with E-state index in [4.69, 9.17) is 0 Å². The Kier molecular flexibility index (Phi) is 5.58. The summed E-state index contributed by atoms with van der Waals surface area (Å²) in [5.74, 6) is -0.207. The van der Waals surface area contributed by atoms with E-state index in [1.165, 1.54) is 14.1 Å². The van der Waals surface area contributed by atoms with Crippen LogP contribution in [-0.4, -0.2) is 39.3 Å². The fourth-order valence-corrected chi connectivity index (χ4v) is 2.99. The van der Waals surface area contributed by atoms with E-state index >= 15 is 0 Å². The molecule has 7 heteroatoms. The zero-order chi connectivity index (χ0) is 17.7. The van der Waals surface area contributed by atoms with Gasteiger partial charge in [-0.05, 0) is 36.8 Å². The van der Waals surface area contributed by atoms with Crippen molar-refractivity contribution in [1.82, 2.24) is 4.31 Å². The second-order valence-corrected chi connectivity index (χ2v) is 7.68. The number of sulfonamides is 1. The summed E-state index contributed by atoms with van der Waals surface area (Å²) in [6.45, 7) is 1.89. The van der Waals surface area contributed by atoms with Crippen molar-refractivity contribution in [2.45, 2.75) is 11.8 Å². The molecule has 2 N–H and O–H groups in total. The average Bonchev–Trinajstić information content (AvgIpc) is 2.54. The Hall–Kier alpha value is -2.38. The standard InChI is InChI=1S/C17H21N3O3S/c1-13-9-10-15(24(22,23)20(2)3)11-16(13)18-12-17(21)19-14-7-5-4-6-8-14/h4-11,18H,12H2,1-3H3,(H,19,21). The van der Waals surface area contributed by atoms with E-state index in [9.17, 15) is 13.2 Å². The number of anilines is 2. The molecule has 0 fully saturated rings. The van der Waals surface area contributed by atoms with Crippen LogP contribution in [-0.2, 0) is 14.8 Å². The third kappa shape index (κ3) is 4.33. The highest BCUT2D eigenvalue weighted by Crippen LogP contribution is 2.21. The normalized spacial score (nSPS) is 11.3. The first-order valence-electron chi connectivity index (χ1n) is 7.42. The number of aryl methyl sites for hydroxylation is 1. The lowest BCUT2D eigenvalue weighted by Gasteiger charge is -2.15. The van der Waals surface area contributed by atoms with Crippen molar-refractivity contribution in [2.24, 2.45) is 0 Å². The molecule has 2 rings (SSSR count). The quantitative estimate of drug-likeness (QED) is 0.840. The summed E-state index contributed by atoms with van der Waals surface area (Å²) in [5.41, 5.74) is 2.19. The minimum atomic E-state index is -3.51. The van der Waals surface area contributed by atoms with Crippen molar-refractivity contribution >= 4 is 27.3 Å². The highest BCUT2D eigenvalue weighted by atomic mass is 32.2. The Bertz CT molecular complexity index is 818. The summed E-state index contributed by atoms with van der Waals surface area (Å²) in [5, 5.41) is 5.76. The Morgan fingerprint density at radius 3 is 2.38 bits per heavy atom. The lowest BCUT2D eigenvalue weighted by Crippen LogP contribution is -2.23. The SMILES string of the molecule is Cc1ccc(S(=O)(=O)N(C)C)cc1NCC(=O)Nc1ccccc1. The van der Waals surface area contributed by atoms with Crippen LogP contribution in [0, 0.1) is 6.92 Å². The van der Waals surface area contributed by atoms with Crippen molar-refractivity contribution in [3.05, 3.63) is 54.1 Å². The maximum Gasteiger partial charge on any atom is 0.243 e. The average molecular weight is 347 g/mol. The molecular weight excluding hydrogens is 326 g/mol. The van der Waals surface area contributed by atoms with Gasteiger partial charge < -0.3 is 10.6 Å². The number of hydrogen-bond acceptors (Lipinski definition) is 4. The number of para-hydroxylation sites is 1. The monoisotopic (exact) mass is 347 g/mol. The van der Waals surface area contributed by atoms with E-state index in [1.54, 1.807) is 30.3 Å². The van der Waals surface area contributed by atoms with Gasteiger partial charge in [-0.1, -0.05) is 24.3 Å². The minimum absolute atomic E-state index is 0.0429. The molecule has 0 aliphatic heterocycles. The Labute approximate surface area is 142 Å². The van der Waals surface area contributed by atoms with Crippen molar-refractivity contribution < 1.29 is 13.2 Å².